The van der Waals surface area contributed by atoms with Gasteiger partial charge in [0.05, 0.1) is 12.2 Å². The van der Waals surface area contributed by atoms with Gasteiger partial charge in [0.15, 0.2) is 0 Å². The fraction of sp³-hybridized carbons (Fsp3) is 0.929. The lowest BCUT2D eigenvalue weighted by Gasteiger charge is -2.29. The summed E-state index contributed by atoms with van der Waals surface area (Å²) in [5.74, 6) is 0.312. The van der Waals surface area contributed by atoms with E-state index in [0.29, 0.717) is 11.9 Å². The fourth-order valence-corrected chi connectivity index (χ4v) is 3.33. The molecule has 0 spiro atoms. The van der Waals surface area contributed by atoms with Crippen LogP contribution in [0.5, 0.6) is 0 Å². The molecule has 1 amide bonds. The zero-order valence-corrected chi connectivity index (χ0v) is 12.0. The van der Waals surface area contributed by atoms with E-state index >= 15 is 0 Å². The highest BCUT2D eigenvalue weighted by Gasteiger charge is 2.38. The predicted octanol–water partition coefficient (Wildman–Crippen LogP) is 1.42. The Morgan fingerprint density at radius 3 is 2.83 bits per heavy atom. The van der Waals surface area contributed by atoms with Crippen molar-refractivity contribution in [2.75, 3.05) is 19.6 Å². The van der Waals surface area contributed by atoms with Crippen LogP contribution in [0.1, 0.15) is 46.5 Å². The lowest BCUT2D eigenvalue weighted by molar-refractivity contribution is -0.130. The van der Waals surface area contributed by atoms with E-state index in [-0.39, 0.29) is 12.2 Å². The van der Waals surface area contributed by atoms with E-state index in [9.17, 15) is 4.79 Å². The molecule has 3 unspecified atom stereocenters. The molecule has 1 N–H and O–H groups in total. The predicted molar refractivity (Wildman–Crippen MR) is 73.3 cm³/mol. The minimum atomic E-state index is 0.0569. The zero-order chi connectivity index (χ0) is 13.1. The Hall–Kier alpha value is -0.610. The summed E-state index contributed by atoms with van der Waals surface area (Å²) < 4.78 is 0. The topological polar surface area (TPSA) is 35.6 Å². The van der Waals surface area contributed by atoms with Crippen molar-refractivity contribution < 1.29 is 4.79 Å². The molecule has 18 heavy (non-hydrogen) atoms. The summed E-state index contributed by atoms with van der Waals surface area (Å²) in [5.41, 5.74) is 0. The van der Waals surface area contributed by atoms with Gasteiger partial charge in [-0.3, -0.25) is 15.0 Å². The summed E-state index contributed by atoms with van der Waals surface area (Å²) in [6.45, 7) is 9.67. The molecule has 2 aliphatic rings. The normalized spacial score (nSPS) is 33.6. The number of hydrogen-bond acceptors (Lipinski definition) is 3. The molecule has 2 aliphatic heterocycles. The SMILES string of the molecule is CCCC1NC(C)N(CC2CCCN2CC)C1=O. The smallest absolute Gasteiger partial charge is 0.241 e. The number of amides is 1. The molecule has 2 rings (SSSR count). The van der Waals surface area contributed by atoms with E-state index < -0.39 is 0 Å². The van der Waals surface area contributed by atoms with Gasteiger partial charge < -0.3 is 4.90 Å². The van der Waals surface area contributed by atoms with Gasteiger partial charge in [0, 0.05) is 12.6 Å². The maximum absolute atomic E-state index is 12.3. The molecule has 0 aromatic carbocycles. The number of likely N-dealkylation sites (tertiary alicyclic amines) is 1. The highest BCUT2D eigenvalue weighted by atomic mass is 16.2. The third-order valence-corrected chi connectivity index (χ3v) is 4.38. The Balaban J connectivity index is 1.94. The molecule has 2 heterocycles. The molecular weight excluding hydrogens is 226 g/mol. The number of likely N-dealkylation sites (N-methyl/N-ethyl adjacent to an activating group) is 1. The second kappa shape index (κ2) is 6.02. The fourth-order valence-electron chi connectivity index (χ4n) is 3.33. The van der Waals surface area contributed by atoms with Gasteiger partial charge in [-0.25, -0.2) is 0 Å². The highest BCUT2D eigenvalue weighted by Crippen LogP contribution is 2.21. The molecule has 0 radical (unpaired) electrons. The number of rotatable bonds is 5. The van der Waals surface area contributed by atoms with Gasteiger partial charge in [0.1, 0.15) is 0 Å². The molecule has 0 aliphatic carbocycles. The van der Waals surface area contributed by atoms with Gasteiger partial charge >= 0.3 is 0 Å². The molecule has 4 heteroatoms. The van der Waals surface area contributed by atoms with Crippen LogP contribution in [0.15, 0.2) is 0 Å². The summed E-state index contributed by atoms with van der Waals surface area (Å²) in [6, 6.07) is 0.630. The Bertz CT molecular complexity index is 295. The lowest BCUT2D eigenvalue weighted by atomic mass is 10.1. The van der Waals surface area contributed by atoms with E-state index in [1.165, 1.54) is 19.4 Å². The van der Waals surface area contributed by atoms with Crippen molar-refractivity contribution in [1.29, 1.82) is 0 Å². The molecule has 3 atom stereocenters. The summed E-state index contributed by atoms with van der Waals surface area (Å²) >= 11 is 0. The van der Waals surface area contributed by atoms with Gasteiger partial charge in [-0.2, -0.15) is 0 Å². The van der Waals surface area contributed by atoms with Crippen LogP contribution in [0.25, 0.3) is 0 Å². The van der Waals surface area contributed by atoms with Gasteiger partial charge in [-0.15, -0.1) is 0 Å². The van der Waals surface area contributed by atoms with Crippen LogP contribution in [0.2, 0.25) is 0 Å². The maximum Gasteiger partial charge on any atom is 0.241 e. The highest BCUT2D eigenvalue weighted by molar-refractivity contribution is 5.84. The summed E-state index contributed by atoms with van der Waals surface area (Å²) in [6.07, 6.45) is 4.74. The van der Waals surface area contributed by atoms with Crippen molar-refractivity contribution in [1.82, 2.24) is 15.1 Å². The lowest BCUT2D eigenvalue weighted by Crippen LogP contribution is -2.44. The Labute approximate surface area is 111 Å². The van der Waals surface area contributed by atoms with Crippen LogP contribution in [0.3, 0.4) is 0 Å². The standard InChI is InChI=1S/C14H27N3O/c1-4-7-13-14(18)17(11(3)15-13)10-12-8-6-9-16(12)5-2/h11-13,15H,4-10H2,1-3H3. The first-order valence-electron chi connectivity index (χ1n) is 7.48. The average molecular weight is 253 g/mol. The first-order valence-corrected chi connectivity index (χ1v) is 7.48. The van der Waals surface area contributed by atoms with Gasteiger partial charge in [0.25, 0.3) is 0 Å². The van der Waals surface area contributed by atoms with Crippen molar-refractivity contribution >= 4 is 5.91 Å². The molecule has 0 aromatic rings. The van der Waals surface area contributed by atoms with Crippen molar-refractivity contribution in [3.63, 3.8) is 0 Å². The first-order chi connectivity index (χ1) is 8.67. The number of carbonyl (C=O) groups is 1. The van der Waals surface area contributed by atoms with Crippen LogP contribution in [-0.2, 0) is 4.79 Å². The first kappa shape index (κ1) is 13.8. The van der Waals surface area contributed by atoms with Gasteiger partial charge in [-0.1, -0.05) is 20.3 Å². The second-order valence-electron chi connectivity index (χ2n) is 5.60. The Kier molecular flexibility index (Phi) is 4.62. The second-order valence-corrected chi connectivity index (χ2v) is 5.60. The van der Waals surface area contributed by atoms with Crippen molar-refractivity contribution in [2.45, 2.75) is 64.7 Å². The molecular formula is C14H27N3O. The number of nitrogens with one attached hydrogen (secondary N) is 1. The molecule has 0 saturated carbocycles. The third kappa shape index (κ3) is 2.69. The molecule has 2 fully saturated rings. The molecule has 2 saturated heterocycles. The molecule has 4 nitrogen and oxygen atoms in total. The van der Waals surface area contributed by atoms with E-state index in [2.05, 4.69) is 35.9 Å². The molecule has 0 bridgehead atoms. The van der Waals surface area contributed by atoms with Crippen molar-refractivity contribution in [3.8, 4) is 0 Å². The van der Waals surface area contributed by atoms with E-state index in [4.69, 9.17) is 0 Å². The minimum Gasteiger partial charge on any atom is -0.325 e. The van der Waals surface area contributed by atoms with Gasteiger partial charge in [-0.05, 0) is 39.3 Å². The third-order valence-electron chi connectivity index (χ3n) is 4.38. The van der Waals surface area contributed by atoms with Gasteiger partial charge in [0.2, 0.25) is 5.91 Å². The quantitative estimate of drug-likeness (QED) is 0.805. The van der Waals surface area contributed by atoms with E-state index in [1.54, 1.807) is 0 Å². The minimum absolute atomic E-state index is 0.0569. The number of hydrogen-bond donors (Lipinski definition) is 1. The van der Waals surface area contributed by atoms with E-state index in [1.807, 2.05) is 0 Å². The van der Waals surface area contributed by atoms with Crippen LogP contribution in [0, 0.1) is 0 Å². The molecule has 104 valence electrons. The largest absolute Gasteiger partial charge is 0.325 e. The van der Waals surface area contributed by atoms with Crippen molar-refractivity contribution in [2.24, 2.45) is 0 Å². The summed E-state index contributed by atoms with van der Waals surface area (Å²) in [4.78, 5) is 16.9. The van der Waals surface area contributed by atoms with Crippen LogP contribution < -0.4 is 5.32 Å². The Morgan fingerprint density at radius 2 is 2.17 bits per heavy atom. The molecule has 0 aromatic heterocycles. The Morgan fingerprint density at radius 1 is 1.39 bits per heavy atom. The maximum atomic E-state index is 12.3. The van der Waals surface area contributed by atoms with Crippen LogP contribution in [0.4, 0.5) is 0 Å². The number of carbonyl (C=O) groups excluding carboxylic acids is 1. The zero-order valence-electron chi connectivity index (χ0n) is 12.0. The summed E-state index contributed by atoms with van der Waals surface area (Å²) in [7, 11) is 0. The number of nitrogens with zero attached hydrogens (tertiary/aromatic N) is 2. The summed E-state index contributed by atoms with van der Waals surface area (Å²) in [5, 5.41) is 3.42. The van der Waals surface area contributed by atoms with Crippen LogP contribution >= 0.6 is 0 Å². The van der Waals surface area contributed by atoms with Crippen molar-refractivity contribution in [3.05, 3.63) is 0 Å². The monoisotopic (exact) mass is 253 g/mol. The van der Waals surface area contributed by atoms with Crippen LogP contribution in [-0.4, -0.2) is 53.6 Å². The van der Waals surface area contributed by atoms with E-state index in [0.717, 1.165) is 25.9 Å². The average Bonchev–Trinajstić information content (AvgIpc) is 2.90.